The Morgan fingerprint density at radius 1 is 1.00 bits per heavy atom. The summed E-state index contributed by atoms with van der Waals surface area (Å²) in [5.41, 5.74) is 0.431. The van der Waals surface area contributed by atoms with Crippen molar-refractivity contribution < 1.29 is 13.5 Å². The standard InChI is InChI=1S/C24H36F2O/c1-3-5-6-9-19-12-14-20(15-13-19)10-7-8-11-21-16-17-22(27-18-4-2)24(26)23(21)25/h7,10,16-17,19-20H,3-6,8-9,11-15,18H2,1-2H3/b10-7+. The van der Waals surface area contributed by atoms with Crippen molar-refractivity contribution in [2.45, 2.75) is 84.5 Å². The van der Waals surface area contributed by atoms with Crippen LogP contribution >= 0.6 is 0 Å². The van der Waals surface area contributed by atoms with Gasteiger partial charge < -0.3 is 4.74 Å². The number of ether oxygens (including phenoxy) is 1. The average molecular weight is 379 g/mol. The normalized spacial score (nSPS) is 20.3. The maximum Gasteiger partial charge on any atom is 0.200 e. The van der Waals surface area contributed by atoms with Crippen LogP contribution in [0.1, 0.15) is 83.6 Å². The summed E-state index contributed by atoms with van der Waals surface area (Å²) in [4.78, 5) is 0. The lowest BCUT2D eigenvalue weighted by Crippen LogP contribution is -2.13. The van der Waals surface area contributed by atoms with E-state index in [9.17, 15) is 8.78 Å². The fourth-order valence-electron chi connectivity index (χ4n) is 3.97. The lowest BCUT2D eigenvalue weighted by Gasteiger charge is -2.26. The van der Waals surface area contributed by atoms with Crippen LogP contribution in [0.25, 0.3) is 0 Å². The van der Waals surface area contributed by atoms with Crippen LogP contribution in [-0.4, -0.2) is 6.61 Å². The van der Waals surface area contributed by atoms with Crippen LogP contribution in [0.5, 0.6) is 5.75 Å². The van der Waals surface area contributed by atoms with E-state index in [0.29, 0.717) is 24.5 Å². The molecule has 0 heterocycles. The van der Waals surface area contributed by atoms with Crippen LogP contribution in [0.4, 0.5) is 8.78 Å². The number of rotatable bonds is 11. The van der Waals surface area contributed by atoms with Crippen molar-refractivity contribution in [2.24, 2.45) is 11.8 Å². The number of aryl methyl sites for hydroxylation is 1. The molecule has 0 unspecified atom stereocenters. The third kappa shape index (κ3) is 7.27. The molecule has 1 saturated carbocycles. The minimum Gasteiger partial charge on any atom is -0.490 e. The zero-order valence-corrected chi connectivity index (χ0v) is 17.1. The third-order valence-electron chi connectivity index (χ3n) is 5.68. The minimum atomic E-state index is -0.855. The Kier molecular flexibility index (Phi) is 9.86. The molecule has 1 aromatic rings. The molecular weight excluding hydrogens is 342 g/mol. The second-order valence-corrected chi connectivity index (χ2v) is 7.94. The molecule has 1 aromatic carbocycles. The van der Waals surface area contributed by atoms with E-state index in [-0.39, 0.29) is 5.75 Å². The first-order chi connectivity index (χ1) is 13.2. The van der Waals surface area contributed by atoms with Crippen molar-refractivity contribution in [3.05, 3.63) is 41.5 Å². The highest BCUT2D eigenvalue weighted by molar-refractivity contribution is 5.31. The molecule has 27 heavy (non-hydrogen) atoms. The van der Waals surface area contributed by atoms with Crippen LogP contribution < -0.4 is 4.74 Å². The second kappa shape index (κ2) is 12.2. The fraction of sp³-hybridized carbons (Fsp3) is 0.667. The number of allylic oxidation sites excluding steroid dienone is 2. The molecule has 0 saturated heterocycles. The van der Waals surface area contributed by atoms with Gasteiger partial charge in [-0.2, -0.15) is 4.39 Å². The Morgan fingerprint density at radius 2 is 1.78 bits per heavy atom. The van der Waals surface area contributed by atoms with Gasteiger partial charge in [0.25, 0.3) is 0 Å². The first-order valence-corrected chi connectivity index (χ1v) is 10.9. The maximum atomic E-state index is 14.2. The van der Waals surface area contributed by atoms with E-state index in [4.69, 9.17) is 4.74 Å². The first kappa shape index (κ1) is 21.9. The van der Waals surface area contributed by atoms with E-state index in [1.54, 1.807) is 12.1 Å². The largest absolute Gasteiger partial charge is 0.490 e. The van der Waals surface area contributed by atoms with E-state index in [0.717, 1.165) is 18.8 Å². The molecule has 0 spiro atoms. The molecular formula is C24H36F2O. The predicted octanol–water partition coefficient (Wildman–Crippen LogP) is 7.63. The van der Waals surface area contributed by atoms with Crippen molar-refractivity contribution in [1.29, 1.82) is 0 Å². The summed E-state index contributed by atoms with van der Waals surface area (Å²) in [5.74, 6) is -0.00852. The Bertz CT molecular complexity index is 574. The summed E-state index contributed by atoms with van der Waals surface area (Å²) in [6.45, 7) is 4.60. The zero-order chi connectivity index (χ0) is 19.5. The Balaban J connectivity index is 1.72. The van der Waals surface area contributed by atoms with E-state index < -0.39 is 11.6 Å². The van der Waals surface area contributed by atoms with Gasteiger partial charge in [0, 0.05) is 0 Å². The molecule has 1 aliphatic rings. The monoisotopic (exact) mass is 378 g/mol. The number of benzene rings is 1. The van der Waals surface area contributed by atoms with Gasteiger partial charge in [-0.1, -0.05) is 57.7 Å². The van der Waals surface area contributed by atoms with Crippen LogP contribution in [0.3, 0.4) is 0 Å². The molecule has 1 aliphatic carbocycles. The second-order valence-electron chi connectivity index (χ2n) is 7.94. The molecule has 0 atom stereocenters. The van der Waals surface area contributed by atoms with Gasteiger partial charge in [-0.3, -0.25) is 0 Å². The van der Waals surface area contributed by atoms with E-state index in [1.807, 2.05) is 6.92 Å². The Morgan fingerprint density at radius 3 is 2.48 bits per heavy atom. The van der Waals surface area contributed by atoms with Crippen molar-refractivity contribution in [3.8, 4) is 5.75 Å². The van der Waals surface area contributed by atoms with Gasteiger partial charge in [0.15, 0.2) is 11.6 Å². The minimum absolute atomic E-state index is 0.0179. The van der Waals surface area contributed by atoms with Crippen LogP contribution in [-0.2, 0) is 6.42 Å². The van der Waals surface area contributed by atoms with Crippen molar-refractivity contribution in [2.75, 3.05) is 6.61 Å². The number of hydrogen-bond donors (Lipinski definition) is 0. The molecule has 0 amide bonds. The predicted molar refractivity (Wildman–Crippen MR) is 109 cm³/mol. The zero-order valence-electron chi connectivity index (χ0n) is 17.1. The van der Waals surface area contributed by atoms with Crippen molar-refractivity contribution in [1.82, 2.24) is 0 Å². The topological polar surface area (TPSA) is 9.23 Å². The SMILES string of the molecule is CCCCCC1CCC(/C=C/CCc2ccc(OCCC)c(F)c2F)CC1. The third-order valence-corrected chi connectivity index (χ3v) is 5.68. The highest BCUT2D eigenvalue weighted by Crippen LogP contribution is 2.33. The first-order valence-electron chi connectivity index (χ1n) is 10.9. The van der Waals surface area contributed by atoms with Gasteiger partial charge in [0.05, 0.1) is 6.61 Å². The van der Waals surface area contributed by atoms with Crippen LogP contribution in [0.2, 0.25) is 0 Å². The molecule has 0 radical (unpaired) electrons. The summed E-state index contributed by atoms with van der Waals surface area (Å²) in [6.07, 6.45) is 17.2. The molecule has 2 rings (SSSR count). The molecule has 1 fully saturated rings. The lowest BCUT2D eigenvalue weighted by molar-refractivity contribution is 0.289. The highest BCUT2D eigenvalue weighted by Gasteiger charge is 2.19. The van der Waals surface area contributed by atoms with E-state index in [2.05, 4.69) is 19.1 Å². The van der Waals surface area contributed by atoms with Gasteiger partial charge in [0.1, 0.15) is 0 Å². The average Bonchev–Trinajstić information content (AvgIpc) is 2.69. The molecule has 152 valence electrons. The fourth-order valence-corrected chi connectivity index (χ4v) is 3.97. The number of unbranched alkanes of at least 4 members (excludes halogenated alkanes) is 2. The molecule has 3 heteroatoms. The van der Waals surface area contributed by atoms with Gasteiger partial charge in [-0.05, 0) is 68.4 Å². The smallest absolute Gasteiger partial charge is 0.200 e. The number of hydrogen-bond acceptors (Lipinski definition) is 1. The van der Waals surface area contributed by atoms with Gasteiger partial charge in [-0.15, -0.1) is 0 Å². The van der Waals surface area contributed by atoms with Crippen molar-refractivity contribution >= 4 is 0 Å². The van der Waals surface area contributed by atoms with Gasteiger partial charge in [-0.25, -0.2) is 4.39 Å². The van der Waals surface area contributed by atoms with Crippen LogP contribution in [0, 0.1) is 23.5 Å². The highest BCUT2D eigenvalue weighted by atomic mass is 19.2. The molecule has 0 aromatic heterocycles. The Hall–Kier alpha value is -1.38. The maximum absolute atomic E-state index is 14.2. The van der Waals surface area contributed by atoms with Gasteiger partial charge >= 0.3 is 0 Å². The summed E-state index contributed by atoms with van der Waals surface area (Å²) in [6, 6.07) is 3.20. The quantitative estimate of drug-likeness (QED) is 0.284. The van der Waals surface area contributed by atoms with Crippen LogP contribution in [0.15, 0.2) is 24.3 Å². The molecule has 0 bridgehead atoms. The summed E-state index contributed by atoms with van der Waals surface area (Å²) < 4.78 is 33.4. The van der Waals surface area contributed by atoms with E-state index in [1.165, 1.54) is 51.4 Å². The summed E-state index contributed by atoms with van der Waals surface area (Å²) >= 11 is 0. The summed E-state index contributed by atoms with van der Waals surface area (Å²) in [5, 5.41) is 0. The number of halogens is 2. The van der Waals surface area contributed by atoms with E-state index >= 15 is 0 Å². The van der Waals surface area contributed by atoms with Gasteiger partial charge in [0.2, 0.25) is 5.82 Å². The lowest BCUT2D eigenvalue weighted by atomic mass is 9.79. The molecule has 1 nitrogen and oxygen atoms in total. The summed E-state index contributed by atoms with van der Waals surface area (Å²) in [7, 11) is 0. The Labute approximate surface area is 164 Å². The molecule has 0 aliphatic heterocycles. The molecule has 0 N–H and O–H groups in total. The van der Waals surface area contributed by atoms with Crippen molar-refractivity contribution in [3.63, 3.8) is 0 Å².